The number of nitrogens with zero attached hydrogens (tertiary/aromatic N) is 1. The molecule has 0 atom stereocenters. The zero-order valence-electron chi connectivity index (χ0n) is 10.1. The van der Waals surface area contributed by atoms with Gasteiger partial charge in [0.1, 0.15) is 4.88 Å². The average Bonchev–Trinajstić information content (AvgIpc) is 2.82. The lowest BCUT2D eigenvalue weighted by molar-refractivity contribution is -0.296. The van der Waals surface area contributed by atoms with Gasteiger partial charge in [-0.3, -0.25) is 0 Å². The minimum atomic E-state index is -0.509. The summed E-state index contributed by atoms with van der Waals surface area (Å²) in [6.07, 6.45) is 0. The maximum Gasteiger partial charge on any atom is 0.379 e. The quantitative estimate of drug-likeness (QED) is 0.788. The average molecular weight is 269 g/mol. The van der Waals surface area contributed by atoms with Crippen LogP contribution in [0.1, 0.15) is 0 Å². The third-order valence-electron chi connectivity index (χ3n) is 2.38. The first-order valence-electron chi connectivity index (χ1n) is 4.98. The fourth-order valence-electron chi connectivity index (χ4n) is 1.61. The topological polar surface area (TPSA) is 74.9 Å². The van der Waals surface area contributed by atoms with Gasteiger partial charge < -0.3 is 18.7 Å². The number of ether oxygens (including phenoxy) is 3. The molecule has 6 nitrogen and oxygen atoms in total. The van der Waals surface area contributed by atoms with Gasteiger partial charge in [0.05, 0.1) is 21.3 Å². The van der Waals surface area contributed by atoms with E-state index in [-0.39, 0.29) is 0 Å². The van der Waals surface area contributed by atoms with Crippen LogP contribution < -0.4 is 19.3 Å². The predicted octanol–water partition coefficient (Wildman–Crippen LogP) is 1.78. The Morgan fingerprint density at radius 2 is 1.83 bits per heavy atom. The van der Waals surface area contributed by atoms with Gasteiger partial charge in [-0.1, -0.05) is 0 Å². The molecule has 1 aromatic heterocycles. The van der Waals surface area contributed by atoms with E-state index in [9.17, 15) is 5.11 Å². The number of hydrogen-bond acceptors (Lipinski definition) is 6. The summed E-state index contributed by atoms with van der Waals surface area (Å²) in [5, 5.41) is 11.5. The van der Waals surface area contributed by atoms with Crippen molar-refractivity contribution in [1.29, 1.82) is 0 Å². The van der Waals surface area contributed by atoms with E-state index in [0.717, 1.165) is 11.5 Å². The number of aromatic nitrogens is 1. The highest BCUT2D eigenvalue weighted by molar-refractivity contribution is 7.09. The van der Waals surface area contributed by atoms with Gasteiger partial charge in [-0.15, -0.1) is 0 Å². The van der Waals surface area contributed by atoms with Gasteiger partial charge in [0.15, 0.2) is 11.5 Å². The van der Waals surface area contributed by atoms with E-state index in [4.69, 9.17) is 14.2 Å². The molecule has 0 saturated carbocycles. The number of rotatable bonds is 4. The van der Waals surface area contributed by atoms with Gasteiger partial charge in [-0.05, 0) is 16.7 Å². The van der Waals surface area contributed by atoms with Crippen LogP contribution in [0, 0.1) is 0 Å². The summed E-state index contributed by atoms with van der Waals surface area (Å²) in [6.45, 7) is 0. The zero-order chi connectivity index (χ0) is 13.1. The fraction of sp³-hybridized carbons (Fsp3) is 0.273. The Hall–Kier alpha value is -2.02. The molecule has 0 aliphatic heterocycles. The Morgan fingerprint density at radius 1 is 1.11 bits per heavy atom. The number of hydrogen-bond donors (Lipinski definition) is 0. The van der Waals surface area contributed by atoms with Gasteiger partial charge in [-0.25, -0.2) is 5.11 Å². The molecule has 18 heavy (non-hydrogen) atoms. The van der Waals surface area contributed by atoms with E-state index in [1.54, 1.807) is 12.1 Å². The van der Waals surface area contributed by atoms with Crippen molar-refractivity contribution in [3.05, 3.63) is 12.1 Å². The van der Waals surface area contributed by atoms with Crippen LogP contribution in [0.2, 0.25) is 0 Å². The largest absolute Gasteiger partial charge is 0.493 e. The van der Waals surface area contributed by atoms with Gasteiger partial charge >= 0.3 is 5.95 Å². The summed E-state index contributed by atoms with van der Waals surface area (Å²) < 4.78 is 23.7. The lowest BCUT2D eigenvalue weighted by atomic mass is 10.1. The van der Waals surface area contributed by atoms with Crippen LogP contribution in [0.25, 0.3) is 10.4 Å². The van der Waals surface area contributed by atoms with Crippen molar-refractivity contribution in [2.75, 3.05) is 21.3 Å². The number of benzene rings is 1. The van der Waals surface area contributed by atoms with Crippen molar-refractivity contribution in [2.45, 2.75) is 0 Å². The van der Waals surface area contributed by atoms with Crippen LogP contribution in [0.15, 0.2) is 16.7 Å². The maximum absolute atomic E-state index is 11.5. The molecule has 1 heterocycles. The van der Waals surface area contributed by atoms with Crippen molar-refractivity contribution >= 4 is 11.5 Å². The lowest BCUT2D eigenvalue weighted by Crippen LogP contribution is -1.97. The second-order valence-electron chi connectivity index (χ2n) is 3.26. The summed E-state index contributed by atoms with van der Waals surface area (Å²) >= 11 is 0.959. The van der Waals surface area contributed by atoms with E-state index >= 15 is 0 Å². The summed E-state index contributed by atoms with van der Waals surface area (Å²) in [7, 11) is 4.51. The van der Waals surface area contributed by atoms with Gasteiger partial charge in [0.25, 0.3) is 0 Å². The Balaban J connectivity index is 2.66. The van der Waals surface area contributed by atoms with E-state index in [2.05, 4.69) is 9.07 Å². The molecule has 0 aliphatic rings. The van der Waals surface area contributed by atoms with Gasteiger partial charge in [0.2, 0.25) is 5.75 Å². The highest BCUT2D eigenvalue weighted by Gasteiger charge is 2.22. The fourth-order valence-corrected chi connectivity index (χ4v) is 2.16. The molecule has 2 rings (SSSR count). The molecule has 0 fully saturated rings. The molecule has 0 radical (unpaired) electrons. The first kappa shape index (κ1) is 12.4. The third kappa shape index (κ3) is 1.92. The lowest BCUT2D eigenvalue weighted by Gasteiger charge is -2.14. The van der Waals surface area contributed by atoms with Crippen LogP contribution in [-0.4, -0.2) is 25.9 Å². The first-order valence-corrected chi connectivity index (χ1v) is 5.75. The molecule has 7 heteroatoms. The first-order chi connectivity index (χ1) is 8.72. The second kappa shape index (κ2) is 5.09. The summed E-state index contributed by atoms with van der Waals surface area (Å²) in [5.74, 6) is 0.844. The van der Waals surface area contributed by atoms with Crippen molar-refractivity contribution in [3.8, 4) is 33.6 Å². The van der Waals surface area contributed by atoms with Crippen LogP contribution in [0.5, 0.6) is 23.2 Å². The Labute approximate surface area is 107 Å². The molecule has 2 aromatic rings. The number of methoxy groups -OCH3 is 3. The SMILES string of the molecule is COc1ccc(-c2sn[o+]c2[O-])c(OC)c1OC. The van der Waals surface area contributed by atoms with Crippen LogP contribution in [0.4, 0.5) is 0 Å². The normalized spacial score (nSPS) is 10.2. The second-order valence-corrected chi connectivity index (χ2v) is 4.00. The minimum Gasteiger partial charge on any atom is -0.493 e. The zero-order valence-corrected chi connectivity index (χ0v) is 10.9. The van der Waals surface area contributed by atoms with Crippen LogP contribution >= 0.6 is 11.5 Å². The maximum atomic E-state index is 11.5. The highest BCUT2D eigenvalue weighted by Crippen LogP contribution is 2.46. The monoisotopic (exact) mass is 269 g/mol. The molecule has 0 N–H and O–H groups in total. The highest BCUT2D eigenvalue weighted by atomic mass is 32.1. The third-order valence-corrected chi connectivity index (χ3v) is 3.10. The van der Waals surface area contributed by atoms with E-state index < -0.39 is 5.95 Å². The van der Waals surface area contributed by atoms with Crippen molar-refractivity contribution < 1.29 is 23.8 Å². The van der Waals surface area contributed by atoms with Crippen LogP contribution in [0.3, 0.4) is 0 Å². The van der Waals surface area contributed by atoms with Crippen LogP contribution in [-0.2, 0) is 0 Å². The van der Waals surface area contributed by atoms with Gasteiger partial charge in [0, 0.05) is 17.1 Å². The smallest absolute Gasteiger partial charge is 0.379 e. The van der Waals surface area contributed by atoms with E-state index in [1.807, 2.05) is 0 Å². The molecule has 0 amide bonds. The van der Waals surface area contributed by atoms with Gasteiger partial charge in [-0.2, -0.15) is 0 Å². The molecule has 0 spiro atoms. The molecule has 0 bridgehead atoms. The predicted molar refractivity (Wildman–Crippen MR) is 63.3 cm³/mol. The summed E-state index contributed by atoms with van der Waals surface area (Å²) in [6, 6.07) is 3.39. The Kier molecular flexibility index (Phi) is 3.52. The molecule has 1 aromatic carbocycles. The van der Waals surface area contributed by atoms with E-state index in [1.165, 1.54) is 21.3 Å². The molecule has 0 aliphatic carbocycles. The molecule has 0 saturated heterocycles. The van der Waals surface area contributed by atoms with Crippen molar-refractivity contribution in [3.63, 3.8) is 0 Å². The molecular weight excluding hydrogens is 258 g/mol. The Bertz CT molecular complexity index is 554. The molecule has 0 unspecified atom stereocenters. The standard InChI is InChI=1S/C11H11NO5S/c1-14-7-5-4-6(8(15-2)9(7)16-3)10-11(13)17-12-18-10/h4-5H,1-3H3. The van der Waals surface area contributed by atoms with Crippen molar-refractivity contribution in [1.82, 2.24) is 4.55 Å². The van der Waals surface area contributed by atoms with E-state index in [0.29, 0.717) is 27.7 Å². The summed E-state index contributed by atoms with van der Waals surface area (Å²) in [4.78, 5) is 0.354. The minimum absolute atomic E-state index is 0.354. The molecular formula is C11H11NO5S. The van der Waals surface area contributed by atoms with Crippen molar-refractivity contribution in [2.24, 2.45) is 0 Å². The summed E-state index contributed by atoms with van der Waals surface area (Å²) in [5.41, 5.74) is 0.561. The Morgan fingerprint density at radius 3 is 2.33 bits per heavy atom. The molecule has 96 valence electrons.